The van der Waals surface area contributed by atoms with Gasteiger partial charge in [-0.2, -0.15) is 0 Å². The van der Waals surface area contributed by atoms with Gasteiger partial charge in [-0.25, -0.2) is 14.8 Å². The van der Waals surface area contributed by atoms with E-state index in [1.54, 1.807) is 18.3 Å². The number of imide groups is 1. The highest BCUT2D eigenvalue weighted by molar-refractivity contribution is 7.13. The minimum absolute atomic E-state index is 0.00107. The average Bonchev–Trinajstić information content (AvgIpc) is 3.32. The van der Waals surface area contributed by atoms with Crippen molar-refractivity contribution in [3.05, 3.63) is 59.0 Å². The van der Waals surface area contributed by atoms with Crippen LogP contribution in [-0.4, -0.2) is 37.8 Å². The molecule has 0 aliphatic carbocycles. The highest BCUT2D eigenvalue weighted by Crippen LogP contribution is 2.25. The molecule has 3 aromatic rings. The van der Waals surface area contributed by atoms with Gasteiger partial charge in [0.2, 0.25) is 0 Å². The lowest BCUT2D eigenvalue weighted by Gasteiger charge is -2.11. The van der Waals surface area contributed by atoms with Crippen molar-refractivity contribution in [1.29, 1.82) is 0 Å². The predicted molar refractivity (Wildman–Crippen MR) is 82.1 cm³/mol. The highest BCUT2D eigenvalue weighted by atomic mass is 32.1. The van der Waals surface area contributed by atoms with Gasteiger partial charge in [0.05, 0.1) is 29.3 Å². The van der Waals surface area contributed by atoms with Crippen molar-refractivity contribution in [2.45, 2.75) is 0 Å². The van der Waals surface area contributed by atoms with Gasteiger partial charge in [0.25, 0.3) is 11.8 Å². The number of nitrogens with zero attached hydrogens (tertiary/aromatic N) is 3. The maximum Gasteiger partial charge on any atom is 0.383 e. The standard InChI is InChI=1S/C15H8N4O4S/c20-13-8-3-1-2-4-9(8)14(21)19(13)23-15(22)11-6-24-12(18-11)10-5-16-7-17-10/h1-7H,(H,16,17). The minimum Gasteiger partial charge on any atom is -0.343 e. The summed E-state index contributed by atoms with van der Waals surface area (Å²) in [5.41, 5.74) is 1.05. The maximum atomic E-state index is 12.2. The summed E-state index contributed by atoms with van der Waals surface area (Å²) in [5, 5.41) is 2.49. The van der Waals surface area contributed by atoms with E-state index >= 15 is 0 Å². The van der Waals surface area contributed by atoms with E-state index in [1.165, 1.54) is 35.2 Å². The molecule has 0 fully saturated rings. The molecule has 2 aromatic heterocycles. The number of carbonyl (C=O) groups excluding carboxylic acids is 3. The number of rotatable bonds is 3. The first-order chi connectivity index (χ1) is 11.6. The van der Waals surface area contributed by atoms with Crippen LogP contribution >= 0.6 is 11.3 Å². The lowest BCUT2D eigenvalue weighted by Crippen LogP contribution is -2.32. The zero-order valence-corrected chi connectivity index (χ0v) is 12.7. The summed E-state index contributed by atoms with van der Waals surface area (Å²) in [5.74, 6) is -2.23. The molecule has 1 aromatic carbocycles. The molecule has 1 N–H and O–H groups in total. The first-order valence-electron chi connectivity index (χ1n) is 6.79. The van der Waals surface area contributed by atoms with Crippen LogP contribution in [-0.2, 0) is 4.84 Å². The van der Waals surface area contributed by atoms with Gasteiger partial charge < -0.3 is 9.82 Å². The van der Waals surface area contributed by atoms with Crippen LogP contribution in [0.3, 0.4) is 0 Å². The average molecular weight is 340 g/mol. The quantitative estimate of drug-likeness (QED) is 0.730. The molecule has 0 saturated heterocycles. The summed E-state index contributed by atoms with van der Waals surface area (Å²) >= 11 is 1.21. The van der Waals surface area contributed by atoms with E-state index in [2.05, 4.69) is 15.0 Å². The van der Waals surface area contributed by atoms with Crippen LogP contribution in [0.4, 0.5) is 0 Å². The predicted octanol–water partition coefficient (Wildman–Crippen LogP) is 1.90. The molecule has 1 aliphatic rings. The maximum absolute atomic E-state index is 12.2. The summed E-state index contributed by atoms with van der Waals surface area (Å²) < 4.78 is 0. The molecule has 0 bridgehead atoms. The largest absolute Gasteiger partial charge is 0.383 e. The fraction of sp³-hybridized carbons (Fsp3) is 0. The van der Waals surface area contributed by atoms with Crippen LogP contribution in [0.2, 0.25) is 0 Å². The van der Waals surface area contributed by atoms with Gasteiger partial charge in [-0.1, -0.05) is 17.2 Å². The fourth-order valence-corrected chi connectivity index (χ4v) is 3.01. The molecule has 8 nitrogen and oxygen atoms in total. The van der Waals surface area contributed by atoms with E-state index in [-0.39, 0.29) is 16.8 Å². The summed E-state index contributed by atoms with van der Waals surface area (Å²) in [6, 6.07) is 6.27. The topological polar surface area (TPSA) is 105 Å². The molecule has 0 radical (unpaired) electrons. The number of aromatic amines is 1. The molecular formula is C15H8N4O4S. The van der Waals surface area contributed by atoms with E-state index in [9.17, 15) is 14.4 Å². The van der Waals surface area contributed by atoms with E-state index in [1.807, 2.05) is 0 Å². The fourth-order valence-electron chi connectivity index (χ4n) is 2.24. The Balaban J connectivity index is 1.55. The normalized spacial score (nSPS) is 13.2. The number of fused-ring (bicyclic) bond motifs is 1. The molecule has 0 unspecified atom stereocenters. The lowest BCUT2D eigenvalue weighted by molar-refractivity contribution is -0.0587. The summed E-state index contributed by atoms with van der Waals surface area (Å²) in [7, 11) is 0. The zero-order chi connectivity index (χ0) is 16.7. The number of imidazole rings is 1. The Kier molecular flexibility index (Phi) is 3.21. The van der Waals surface area contributed by atoms with E-state index in [0.29, 0.717) is 15.8 Å². The van der Waals surface area contributed by atoms with E-state index in [4.69, 9.17) is 4.84 Å². The molecular weight excluding hydrogens is 332 g/mol. The molecule has 118 valence electrons. The van der Waals surface area contributed by atoms with Gasteiger partial charge in [-0.3, -0.25) is 9.59 Å². The van der Waals surface area contributed by atoms with Crippen molar-refractivity contribution >= 4 is 29.1 Å². The Labute approximate surface area is 138 Å². The second-order valence-corrected chi connectivity index (χ2v) is 5.69. The number of hydrogen-bond donors (Lipinski definition) is 1. The zero-order valence-electron chi connectivity index (χ0n) is 11.9. The first kappa shape index (κ1) is 14.3. The van der Waals surface area contributed by atoms with Crippen LogP contribution in [0.25, 0.3) is 10.7 Å². The molecule has 0 atom stereocenters. The van der Waals surface area contributed by atoms with Crippen molar-refractivity contribution < 1.29 is 19.2 Å². The van der Waals surface area contributed by atoms with Gasteiger partial charge in [0.15, 0.2) is 5.69 Å². The van der Waals surface area contributed by atoms with E-state index in [0.717, 1.165) is 0 Å². The molecule has 9 heteroatoms. The molecule has 1 aliphatic heterocycles. The number of thiazole rings is 1. The van der Waals surface area contributed by atoms with E-state index < -0.39 is 17.8 Å². The smallest absolute Gasteiger partial charge is 0.343 e. The van der Waals surface area contributed by atoms with Crippen LogP contribution in [0.15, 0.2) is 42.2 Å². The van der Waals surface area contributed by atoms with Gasteiger partial charge in [-0.15, -0.1) is 11.3 Å². The van der Waals surface area contributed by atoms with Crippen LogP contribution in [0.1, 0.15) is 31.2 Å². The van der Waals surface area contributed by atoms with Gasteiger partial charge >= 0.3 is 5.97 Å². The number of aromatic nitrogens is 3. The number of hydrogen-bond acceptors (Lipinski definition) is 7. The van der Waals surface area contributed by atoms with Crippen molar-refractivity contribution in [2.75, 3.05) is 0 Å². The van der Waals surface area contributed by atoms with Gasteiger partial charge in [0.1, 0.15) is 5.01 Å². The van der Waals surface area contributed by atoms with Crippen LogP contribution < -0.4 is 0 Å². The Morgan fingerprint density at radius 3 is 2.50 bits per heavy atom. The summed E-state index contributed by atoms with van der Waals surface area (Å²) in [6.45, 7) is 0. The number of benzene rings is 1. The second kappa shape index (κ2) is 5.39. The second-order valence-electron chi connectivity index (χ2n) is 4.83. The number of nitrogens with one attached hydrogen (secondary N) is 1. The molecule has 2 amide bonds. The Bertz CT molecular complexity index is 929. The third-order valence-corrected chi connectivity index (χ3v) is 4.25. The van der Waals surface area contributed by atoms with Crippen molar-refractivity contribution in [3.8, 4) is 10.7 Å². The SMILES string of the molecule is O=C(ON1C(=O)c2ccccc2C1=O)c1csc(-c2cnc[nH]2)n1. The highest BCUT2D eigenvalue weighted by Gasteiger charge is 2.39. The number of carbonyl (C=O) groups is 3. The van der Waals surface area contributed by atoms with Crippen molar-refractivity contribution in [3.63, 3.8) is 0 Å². The Morgan fingerprint density at radius 2 is 1.88 bits per heavy atom. The van der Waals surface area contributed by atoms with Crippen molar-refractivity contribution in [1.82, 2.24) is 20.0 Å². The molecule has 3 heterocycles. The molecule has 24 heavy (non-hydrogen) atoms. The lowest BCUT2D eigenvalue weighted by atomic mass is 10.1. The summed E-state index contributed by atoms with van der Waals surface area (Å²) in [6.07, 6.45) is 3.06. The van der Waals surface area contributed by atoms with Crippen molar-refractivity contribution in [2.24, 2.45) is 0 Å². The number of hydroxylamine groups is 2. The Hall–Kier alpha value is -3.33. The Morgan fingerprint density at radius 1 is 1.17 bits per heavy atom. The van der Waals surface area contributed by atoms with Crippen LogP contribution in [0, 0.1) is 0 Å². The molecule has 4 rings (SSSR count). The summed E-state index contributed by atoms with van der Waals surface area (Å²) in [4.78, 5) is 52.3. The number of H-pyrrole nitrogens is 1. The monoisotopic (exact) mass is 340 g/mol. The van der Waals surface area contributed by atoms with Gasteiger partial charge in [-0.05, 0) is 12.1 Å². The number of amides is 2. The third kappa shape index (κ3) is 2.18. The molecule has 0 spiro atoms. The van der Waals surface area contributed by atoms with Crippen LogP contribution in [0.5, 0.6) is 0 Å². The molecule has 0 saturated carbocycles. The minimum atomic E-state index is -0.883. The third-order valence-electron chi connectivity index (χ3n) is 3.37. The van der Waals surface area contributed by atoms with Gasteiger partial charge in [0, 0.05) is 5.38 Å². The first-order valence-corrected chi connectivity index (χ1v) is 7.67.